The zero-order valence-corrected chi connectivity index (χ0v) is 12.1. The lowest BCUT2D eigenvalue weighted by Gasteiger charge is -2.04. The minimum atomic E-state index is -0.179. The van der Waals surface area contributed by atoms with Gasteiger partial charge in [0.2, 0.25) is 0 Å². The number of aromatic nitrogens is 2. The number of carbonyl (C=O) groups excluding carboxylic acids is 2. The van der Waals surface area contributed by atoms with Gasteiger partial charge in [-0.1, -0.05) is 18.2 Å². The highest BCUT2D eigenvalue weighted by atomic mass is 16.1. The van der Waals surface area contributed by atoms with Crippen LogP contribution in [0.2, 0.25) is 0 Å². The molecule has 23 heavy (non-hydrogen) atoms. The van der Waals surface area contributed by atoms with Crippen LogP contribution in [0.4, 0.5) is 5.69 Å². The predicted molar refractivity (Wildman–Crippen MR) is 89.9 cm³/mol. The van der Waals surface area contributed by atoms with Gasteiger partial charge in [-0.2, -0.15) is 0 Å². The number of rotatable bonds is 3. The Morgan fingerprint density at radius 3 is 2.78 bits per heavy atom. The second-order valence-corrected chi connectivity index (χ2v) is 5.36. The van der Waals surface area contributed by atoms with E-state index in [4.69, 9.17) is 0 Å². The molecule has 112 valence electrons. The van der Waals surface area contributed by atoms with E-state index in [-0.39, 0.29) is 5.91 Å². The van der Waals surface area contributed by atoms with Crippen LogP contribution >= 0.6 is 0 Å². The molecule has 0 fully saturated rings. The number of benzene rings is 2. The van der Waals surface area contributed by atoms with Crippen molar-refractivity contribution >= 4 is 39.7 Å². The number of anilines is 1. The van der Waals surface area contributed by atoms with Crippen LogP contribution in [0.1, 0.15) is 20.7 Å². The van der Waals surface area contributed by atoms with Gasteiger partial charge in [0.25, 0.3) is 5.91 Å². The van der Waals surface area contributed by atoms with Crippen molar-refractivity contribution in [1.29, 1.82) is 0 Å². The molecule has 3 N–H and O–H groups in total. The summed E-state index contributed by atoms with van der Waals surface area (Å²) in [5.41, 5.74) is 3.60. The van der Waals surface area contributed by atoms with Crippen molar-refractivity contribution in [2.24, 2.45) is 0 Å². The molecule has 4 rings (SSSR count). The number of hydrogen-bond acceptors (Lipinski definition) is 2. The summed E-state index contributed by atoms with van der Waals surface area (Å²) in [5, 5.41) is 4.83. The molecule has 0 atom stereocenters. The van der Waals surface area contributed by atoms with Crippen molar-refractivity contribution in [2.45, 2.75) is 0 Å². The van der Waals surface area contributed by atoms with E-state index in [1.165, 1.54) is 0 Å². The molecule has 0 spiro atoms. The Kier molecular flexibility index (Phi) is 2.98. The van der Waals surface area contributed by atoms with E-state index in [2.05, 4.69) is 15.3 Å². The normalized spacial score (nSPS) is 11.0. The molecule has 0 saturated heterocycles. The number of carbonyl (C=O) groups is 2. The highest BCUT2D eigenvalue weighted by Gasteiger charge is 2.11. The SMILES string of the molecule is O=Cc1ccc2c(NC(=O)c3ccc4cc[nH]c4c3)c[nH]c2c1. The van der Waals surface area contributed by atoms with Gasteiger partial charge in [0.05, 0.1) is 5.69 Å². The van der Waals surface area contributed by atoms with Crippen LogP contribution in [-0.4, -0.2) is 22.2 Å². The van der Waals surface area contributed by atoms with Gasteiger partial charge >= 0.3 is 0 Å². The van der Waals surface area contributed by atoms with Crippen molar-refractivity contribution in [3.8, 4) is 0 Å². The maximum Gasteiger partial charge on any atom is 0.255 e. The molecule has 1 amide bonds. The Morgan fingerprint density at radius 2 is 1.91 bits per heavy atom. The number of nitrogens with one attached hydrogen (secondary N) is 3. The average Bonchev–Trinajstić information content (AvgIpc) is 3.20. The Bertz CT molecular complexity index is 1040. The molecule has 5 heteroatoms. The van der Waals surface area contributed by atoms with Crippen LogP contribution < -0.4 is 5.32 Å². The van der Waals surface area contributed by atoms with Gasteiger partial charge in [-0.3, -0.25) is 9.59 Å². The standard InChI is InChI=1S/C18H13N3O2/c22-10-11-1-4-14-16(7-11)20-9-17(14)21-18(23)13-3-2-12-5-6-19-15(12)8-13/h1-10,19-20H,(H,21,23). The molecule has 0 radical (unpaired) electrons. The maximum absolute atomic E-state index is 12.4. The number of aromatic amines is 2. The number of aldehydes is 1. The lowest BCUT2D eigenvalue weighted by Crippen LogP contribution is -2.11. The second kappa shape index (κ2) is 5.14. The molecule has 2 heterocycles. The first-order valence-electron chi connectivity index (χ1n) is 7.19. The maximum atomic E-state index is 12.4. The fourth-order valence-corrected chi connectivity index (χ4v) is 2.70. The van der Waals surface area contributed by atoms with Gasteiger partial charge in [0.15, 0.2) is 0 Å². The van der Waals surface area contributed by atoms with Crippen LogP contribution in [0.5, 0.6) is 0 Å². The quantitative estimate of drug-likeness (QED) is 0.504. The zero-order chi connectivity index (χ0) is 15.8. The van der Waals surface area contributed by atoms with Crippen LogP contribution in [0.25, 0.3) is 21.8 Å². The van der Waals surface area contributed by atoms with Crippen molar-refractivity contribution in [2.75, 3.05) is 5.32 Å². The highest BCUT2D eigenvalue weighted by Crippen LogP contribution is 2.24. The van der Waals surface area contributed by atoms with Crippen molar-refractivity contribution in [3.63, 3.8) is 0 Å². The minimum Gasteiger partial charge on any atom is -0.361 e. The third-order valence-electron chi connectivity index (χ3n) is 3.91. The predicted octanol–water partition coefficient (Wildman–Crippen LogP) is 3.71. The fourth-order valence-electron chi connectivity index (χ4n) is 2.70. The monoisotopic (exact) mass is 303 g/mol. The average molecular weight is 303 g/mol. The van der Waals surface area contributed by atoms with Crippen molar-refractivity contribution in [3.05, 3.63) is 66.0 Å². The van der Waals surface area contributed by atoms with Gasteiger partial charge in [-0.25, -0.2) is 0 Å². The molecule has 2 aromatic carbocycles. The molecular formula is C18H13N3O2. The Balaban J connectivity index is 1.66. The Labute approximate surface area is 131 Å². The van der Waals surface area contributed by atoms with Gasteiger partial charge < -0.3 is 15.3 Å². The summed E-state index contributed by atoms with van der Waals surface area (Å²) in [5.74, 6) is -0.179. The summed E-state index contributed by atoms with van der Waals surface area (Å²) in [6.45, 7) is 0. The molecule has 0 aliphatic carbocycles. The lowest BCUT2D eigenvalue weighted by atomic mass is 10.1. The Hall–Kier alpha value is -3.34. The van der Waals surface area contributed by atoms with E-state index in [0.717, 1.165) is 28.1 Å². The fraction of sp³-hybridized carbons (Fsp3) is 0. The largest absolute Gasteiger partial charge is 0.361 e. The molecule has 0 unspecified atom stereocenters. The van der Waals surface area contributed by atoms with E-state index in [1.54, 1.807) is 24.4 Å². The molecule has 5 nitrogen and oxygen atoms in total. The van der Waals surface area contributed by atoms with Gasteiger partial charge in [-0.05, 0) is 29.7 Å². The summed E-state index contributed by atoms with van der Waals surface area (Å²) < 4.78 is 0. The summed E-state index contributed by atoms with van der Waals surface area (Å²) in [7, 11) is 0. The topological polar surface area (TPSA) is 77.8 Å². The zero-order valence-electron chi connectivity index (χ0n) is 12.1. The van der Waals surface area contributed by atoms with Crippen LogP contribution in [0, 0.1) is 0 Å². The summed E-state index contributed by atoms with van der Waals surface area (Å²) in [6, 6.07) is 12.8. The highest BCUT2D eigenvalue weighted by molar-refractivity contribution is 6.10. The molecule has 0 saturated carbocycles. The van der Waals surface area contributed by atoms with E-state index in [0.29, 0.717) is 16.8 Å². The third-order valence-corrected chi connectivity index (χ3v) is 3.91. The van der Waals surface area contributed by atoms with Gasteiger partial charge in [-0.15, -0.1) is 0 Å². The first-order chi connectivity index (χ1) is 11.2. The Morgan fingerprint density at radius 1 is 1.00 bits per heavy atom. The van der Waals surface area contributed by atoms with Crippen molar-refractivity contribution in [1.82, 2.24) is 9.97 Å². The molecule has 0 bridgehead atoms. The molecule has 2 aromatic heterocycles. The number of hydrogen-bond donors (Lipinski definition) is 3. The van der Waals surface area contributed by atoms with E-state index in [1.807, 2.05) is 30.5 Å². The smallest absolute Gasteiger partial charge is 0.255 e. The summed E-state index contributed by atoms with van der Waals surface area (Å²) in [4.78, 5) is 29.4. The summed E-state index contributed by atoms with van der Waals surface area (Å²) in [6.07, 6.45) is 4.37. The number of H-pyrrole nitrogens is 2. The van der Waals surface area contributed by atoms with Crippen LogP contribution in [0.3, 0.4) is 0 Å². The second-order valence-electron chi connectivity index (χ2n) is 5.36. The molecule has 0 aliphatic rings. The first kappa shape index (κ1) is 13.3. The first-order valence-corrected chi connectivity index (χ1v) is 7.19. The molecule has 4 aromatic rings. The van der Waals surface area contributed by atoms with Crippen molar-refractivity contribution < 1.29 is 9.59 Å². The van der Waals surface area contributed by atoms with E-state index < -0.39 is 0 Å². The number of amides is 1. The van der Waals surface area contributed by atoms with E-state index >= 15 is 0 Å². The van der Waals surface area contributed by atoms with E-state index in [9.17, 15) is 9.59 Å². The molecule has 0 aliphatic heterocycles. The molecular weight excluding hydrogens is 290 g/mol. The minimum absolute atomic E-state index is 0.179. The van der Waals surface area contributed by atoms with Crippen LogP contribution in [0.15, 0.2) is 54.9 Å². The van der Waals surface area contributed by atoms with Gasteiger partial charge in [0, 0.05) is 39.9 Å². The van der Waals surface area contributed by atoms with Gasteiger partial charge in [0.1, 0.15) is 6.29 Å². The summed E-state index contributed by atoms with van der Waals surface area (Å²) >= 11 is 0. The lowest BCUT2D eigenvalue weighted by molar-refractivity contribution is 0.102. The third kappa shape index (κ3) is 2.28. The number of fused-ring (bicyclic) bond motifs is 2. The van der Waals surface area contributed by atoms with Crippen LogP contribution in [-0.2, 0) is 0 Å².